The molecule has 0 aliphatic heterocycles. The van der Waals surface area contributed by atoms with Crippen molar-refractivity contribution in [2.75, 3.05) is 0 Å². The van der Waals surface area contributed by atoms with Gasteiger partial charge in [0.05, 0.1) is 11.8 Å². The lowest BCUT2D eigenvalue weighted by Crippen LogP contribution is -2.35. The molecule has 0 amide bonds. The molecule has 3 heteroatoms. The molecule has 0 aliphatic rings. The molecule has 2 nitrogen and oxygen atoms in total. The maximum atomic E-state index is 14.5. The van der Waals surface area contributed by atoms with Gasteiger partial charge in [-0.1, -0.05) is 86.5 Å². The van der Waals surface area contributed by atoms with Crippen molar-refractivity contribution < 1.29 is 9.67 Å². The predicted molar refractivity (Wildman–Crippen MR) is 109 cm³/mol. The summed E-state index contributed by atoms with van der Waals surface area (Å²) in [6.07, 6.45) is 3.92. The molecule has 2 aromatic carbocycles. The maximum absolute atomic E-state index is 14.5. The highest BCUT2D eigenvalue weighted by Crippen LogP contribution is 2.52. The molecule has 0 saturated carbocycles. The second kappa shape index (κ2) is 9.17. The number of hydrogen-bond acceptors (Lipinski definition) is 2. The van der Waals surface area contributed by atoms with Crippen molar-refractivity contribution in [2.45, 2.75) is 51.8 Å². The Morgan fingerprint density at radius 2 is 1.52 bits per heavy atom. The SMILES string of the molecule is C/C=C(\C)[C@H](O)[C@@H](CCCC)P(=O)(c1ccccc1)c1ccccc1. The molecule has 0 heterocycles. The third kappa shape index (κ3) is 4.32. The Morgan fingerprint density at radius 3 is 1.92 bits per heavy atom. The molecule has 134 valence electrons. The highest BCUT2D eigenvalue weighted by atomic mass is 31.2. The molecule has 0 aromatic heterocycles. The van der Waals surface area contributed by atoms with Gasteiger partial charge < -0.3 is 9.67 Å². The first-order chi connectivity index (χ1) is 12.1. The van der Waals surface area contributed by atoms with Crippen molar-refractivity contribution in [1.82, 2.24) is 0 Å². The van der Waals surface area contributed by atoms with Gasteiger partial charge in [-0.25, -0.2) is 0 Å². The maximum Gasteiger partial charge on any atom is 0.149 e. The number of aliphatic hydroxyl groups excluding tert-OH is 1. The standard InChI is InChI=1S/C22H29O2P/c1-4-6-17-21(22(23)18(3)5-2)25(24,19-13-9-7-10-14-19)20-15-11-8-12-16-20/h5,7-16,21-23H,4,6,17H2,1-3H3/b18-5+/t21-,22+/m1/s1. The zero-order chi connectivity index (χ0) is 18.3. The zero-order valence-corrected chi connectivity index (χ0v) is 16.3. The minimum atomic E-state index is -2.98. The van der Waals surface area contributed by atoms with E-state index < -0.39 is 13.2 Å². The van der Waals surface area contributed by atoms with Crippen LogP contribution in [-0.4, -0.2) is 16.9 Å². The Labute approximate surface area is 152 Å². The molecular formula is C22H29O2P. The van der Waals surface area contributed by atoms with Crippen molar-refractivity contribution in [3.8, 4) is 0 Å². The van der Waals surface area contributed by atoms with E-state index in [2.05, 4.69) is 6.92 Å². The highest BCUT2D eigenvalue weighted by Gasteiger charge is 2.40. The van der Waals surface area contributed by atoms with Crippen molar-refractivity contribution >= 4 is 17.8 Å². The summed E-state index contributed by atoms with van der Waals surface area (Å²) in [6.45, 7) is 5.97. The topological polar surface area (TPSA) is 37.3 Å². The fourth-order valence-corrected chi connectivity index (χ4v) is 6.73. The van der Waals surface area contributed by atoms with Crippen molar-refractivity contribution in [2.24, 2.45) is 0 Å². The Hall–Kier alpha value is -1.63. The fraction of sp³-hybridized carbons (Fsp3) is 0.364. The summed E-state index contributed by atoms with van der Waals surface area (Å²) in [5.41, 5.74) is 0.571. The second-order valence-electron chi connectivity index (χ2n) is 6.52. The van der Waals surface area contributed by atoms with Crippen LogP contribution in [0.5, 0.6) is 0 Å². The van der Waals surface area contributed by atoms with Gasteiger partial charge in [-0.3, -0.25) is 0 Å². The van der Waals surface area contributed by atoms with Gasteiger partial charge in [0.1, 0.15) is 7.14 Å². The van der Waals surface area contributed by atoms with E-state index in [-0.39, 0.29) is 5.66 Å². The summed E-state index contributed by atoms with van der Waals surface area (Å²) in [4.78, 5) is 0. The molecule has 0 spiro atoms. The number of hydrogen-bond donors (Lipinski definition) is 1. The van der Waals surface area contributed by atoms with Gasteiger partial charge in [0.25, 0.3) is 0 Å². The third-order valence-electron chi connectivity index (χ3n) is 4.89. The Bertz CT molecular complexity index is 679. The fourth-order valence-electron chi connectivity index (χ4n) is 3.26. The van der Waals surface area contributed by atoms with E-state index in [4.69, 9.17) is 0 Å². The minimum Gasteiger partial charge on any atom is -0.388 e. The molecule has 25 heavy (non-hydrogen) atoms. The third-order valence-corrected chi connectivity index (χ3v) is 8.49. The van der Waals surface area contributed by atoms with Gasteiger partial charge in [0, 0.05) is 10.6 Å². The Balaban J connectivity index is 2.64. The predicted octanol–water partition coefficient (Wildman–Crippen LogP) is 4.89. The molecule has 0 radical (unpaired) electrons. The van der Waals surface area contributed by atoms with E-state index in [0.29, 0.717) is 0 Å². The molecule has 0 saturated heterocycles. The van der Waals surface area contributed by atoms with Crippen LogP contribution in [0.25, 0.3) is 0 Å². The van der Waals surface area contributed by atoms with E-state index in [0.717, 1.165) is 35.4 Å². The first-order valence-electron chi connectivity index (χ1n) is 9.07. The Morgan fingerprint density at radius 1 is 1.04 bits per heavy atom. The summed E-state index contributed by atoms with van der Waals surface area (Å²) in [6, 6.07) is 19.3. The molecule has 2 aromatic rings. The molecule has 2 rings (SSSR count). The number of aliphatic hydroxyl groups is 1. The number of unbranched alkanes of at least 4 members (excludes halogenated alkanes) is 1. The second-order valence-corrected chi connectivity index (χ2v) is 9.53. The van der Waals surface area contributed by atoms with Crippen LogP contribution in [0.4, 0.5) is 0 Å². The summed E-state index contributed by atoms with van der Waals surface area (Å²) in [7, 11) is -2.98. The first kappa shape index (κ1) is 19.7. The van der Waals surface area contributed by atoms with Crippen LogP contribution in [0.3, 0.4) is 0 Å². The lowest BCUT2D eigenvalue weighted by Gasteiger charge is -2.33. The summed E-state index contributed by atoms with van der Waals surface area (Å²) in [5.74, 6) is 0. The van der Waals surface area contributed by atoms with Gasteiger partial charge in [0.15, 0.2) is 0 Å². The quantitative estimate of drug-likeness (QED) is 0.540. The van der Waals surface area contributed by atoms with Crippen LogP contribution in [0.15, 0.2) is 72.3 Å². The summed E-state index contributed by atoms with van der Waals surface area (Å²) >= 11 is 0. The van der Waals surface area contributed by atoms with Crippen LogP contribution in [-0.2, 0) is 4.57 Å². The normalized spacial score (nSPS) is 15.0. The largest absolute Gasteiger partial charge is 0.388 e. The number of rotatable bonds is 8. The van der Waals surface area contributed by atoms with Crippen molar-refractivity contribution in [1.29, 1.82) is 0 Å². The zero-order valence-electron chi connectivity index (χ0n) is 15.4. The van der Waals surface area contributed by atoms with E-state index >= 15 is 0 Å². The molecule has 0 unspecified atom stereocenters. The summed E-state index contributed by atoms with van der Waals surface area (Å²) < 4.78 is 14.5. The van der Waals surface area contributed by atoms with Gasteiger partial charge in [-0.2, -0.15) is 0 Å². The van der Waals surface area contributed by atoms with Crippen molar-refractivity contribution in [3.05, 3.63) is 72.3 Å². The minimum absolute atomic E-state index is 0.312. The van der Waals surface area contributed by atoms with Crippen LogP contribution >= 0.6 is 7.14 Å². The molecule has 0 bridgehead atoms. The Kier molecular flexibility index (Phi) is 7.23. The molecule has 1 N–H and O–H groups in total. The lowest BCUT2D eigenvalue weighted by molar-refractivity contribution is 0.198. The van der Waals surface area contributed by atoms with Crippen LogP contribution in [0.1, 0.15) is 40.0 Å². The van der Waals surface area contributed by atoms with Gasteiger partial charge in [-0.15, -0.1) is 0 Å². The van der Waals surface area contributed by atoms with E-state index in [1.165, 1.54) is 0 Å². The lowest BCUT2D eigenvalue weighted by atomic mass is 10.0. The number of allylic oxidation sites excluding steroid dienone is 1. The van der Waals surface area contributed by atoms with Gasteiger partial charge in [-0.05, 0) is 25.8 Å². The average Bonchev–Trinajstić information content (AvgIpc) is 2.68. The first-order valence-corrected chi connectivity index (χ1v) is 10.8. The molecule has 0 fully saturated rings. The van der Waals surface area contributed by atoms with Crippen LogP contribution < -0.4 is 10.6 Å². The molecule has 0 aliphatic carbocycles. The van der Waals surface area contributed by atoms with Crippen LogP contribution in [0.2, 0.25) is 0 Å². The van der Waals surface area contributed by atoms with E-state index in [1.54, 1.807) is 0 Å². The van der Waals surface area contributed by atoms with E-state index in [9.17, 15) is 9.67 Å². The number of benzene rings is 2. The smallest absolute Gasteiger partial charge is 0.149 e. The summed E-state index contributed by atoms with van der Waals surface area (Å²) in [5, 5.41) is 12.7. The van der Waals surface area contributed by atoms with E-state index in [1.807, 2.05) is 80.6 Å². The monoisotopic (exact) mass is 356 g/mol. The van der Waals surface area contributed by atoms with Crippen LogP contribution in [0, 0.1) is 0 Å². The van der Waals surface area contributed by atoms with Crippen molar-refractivity contribution in [3.63, 3.8) is 0 Å². The average molecular weight is 356 g/mol. The molecule has 2 atom stereocenters. The highest BCUT2D eigenvalue weighted by molar-refractivity contribution is 7.79. The van der Waals surface area contributed by atoms with Gasteiger partial charge >= 0.3 is 0 Å². The van der Waals surface area contributed by atoms with Gasteiger partial charge in [0.2, 0.25) is 0 Å². The molecular weight excluding hydrogens is 327 g/mol.